The molecule has 0 radical (unpaired) electrons. The summed E-state index contributed by atoms with van der Waals surface area (Å²) in [6.07, 6.45) is -0.337. The minimum Gasteiger partial charge on any atom is -0.494 e. The molecule has 2 atom stereocenters. The molecule has 2 aromatic rings. The molecule has 1 fully saturated rings. The first kappa shape index (κ1) is 20.2. The number of anilines is 1. The van der Waals surface area contributed by atoms with E-state index in [1.807, 2.05) is 6.92 Å². The molecule has 0 aromatic heterocycles. The molecule has 0 bridgehead atoms. The molecule has 3 rings (SSSR count). The maximum Gasteiger partial charge on any atom is 0.253 e. The van der Waals surface area contributed by atoms with Crippen molar-refractivity contribution < 1.29 is 27.4 Å². The third-order valence-electron chi connectivity index (χ3n) is 4.67. The lowest BCUT2D eigenvalue weighted by molar-refractivity contribution is -0.129. The number of nitrogens with zero attached hydrogens (tertiary/aromatic N) is 1. The molecule has 150 valence electrons. The smallest absolute Gasteiger partial charge is 0.253 e. The van der Waals surface area contributed by atoms with Gasteiger partial charge in [0, 0.05) is 24.3 Å². The second-order valence-corrected chi connectivity index (χ2v) is 6.56. The van der Waals surface area contributed by atoms with E-state index in [0.29, 0.717) is 6.54 Å². The van der Waals surface area contributed by atoms with Crippen molar-refractivity contribution in [3.63, 3.8) is 0 Å². The first-order valence-electron chi connectivity index (χ1n) is 8.83. The van der Waals surface area contributed by atoms with Gasteiger partial charge in [0.1, 0.15) is 6.61 Å². The number of halogens is 3. The highest BCUT2D eigenvalue weighted by molar-refractivity contribution is 5.94. The zero-order valence-corrected chi connectivity index (χ0v) is 15.5. The van der Waals surface area contributed by atoms with Crippen molar-refractivity contribution in [2.24, 2.45) is 0 Å². The number of amides is 1. The Balaban J connectivity index is 1.63. The van der Waals surface area contributed by atoms with Gasteiger partial charge in [-0.3, -0.25) is 4.79 Å². The quantitative estimate of drug-likeness (QED) is 0.818. The molecular weight excluding hydrogens is 373 g/mol. The van der Waals surface area contributed by atoms with E-state index in [9.17, 15) is 18.0 Å². The van der Waals surface area contributed by atoms with Crippen LogP contribution in [0.25, 0.3) is 0 Å². The first-order chi connectivity index (χ1) is 13.4. The predicted octanol–water partition coefficient (Wildman–Crippen LogP) is 3.20. The second kappa shape index (κ2) is 8.62. The average Bonchev–Trinajstić information content (AvgIpc) is 2.69. The molecule has 5 nitrogen and oxygen atoms in total. The number of hydrogen-bond acceptors (Lipinski definition) is 4. The molecule has 1 aliphatic rings. The zero-order valence-electron chi connectivity index (χ0n) is 15.5. The summed E-state index contributed by atoms with van der Waals surface area (Å²) < 4.78 is 50.7. The van der Waals surface area contributed by atoms with Gasteiger partial charge >= 0.3 is 0 Å². The lowest BCUT2D eigenvalue weighted by Crippen LogP contribution is -2.50. The Morgan fingerprint density at radius 3 is 2.64 bits per heavy atom. The summed E-state index contributed by atoms with van der Waals surface area (Å²) in [7, 11) is 1.40. The van der Waals surface area contributed by atoms with Gasteiger partial charge in [0.25, 0.3) is 5.91 Å². The number of morpholine rings is 1. The van der Waals surface area contributed by atoms with E-state index in [1.165, 1.54) is 24.1 Å². The summed E-state index contributed by atoms with van der Waals surface area (Å²) in [4.78, 5) is 13.5. The van der Waals surface area contributed by atoms with Gasteiger partial charge in [-0.15, -0.1) is 0 Å². The monoisotopic (exact) mass is 394 g/mol. The van der Waals surface area contributed by atoms with Crippen LogP contribution in [0.4, 0.5) is 18.9 Å². The van der Waals surface area contributed by atoms with E-state index in [4.69, 9.17) is 9.47 Å². The number of hydrogen-bond donors (Lipinski definition) is 1. The van der Waals surface area contributed by atoms with Crippen molar-refractivity contribution in [3.05, 3.63) is 59.4 Å². The van der Waals surface area contributed by atoms with Crippen LogP contribution >= 0.6 is 0 Å². The normalized spacial score (nSPS) is 18.2. The topological polar surface area (TPSA) is 50.8 Å². The van der Waals surface area contributed by atoms with Crippen LogP contribution in [-0.2, 0) is 9.53 Å². The van der Waals surface area contributed by atoms with Crippen LogP contribution in [0, 0.1) is 17.5 Å². The predicted molar refractivity (Wildman–Crippen MR) is 97.8 cm³/mol. The maximum absolute atomic E-state index is 13.6. The Kier molecular flexibility index (Phi) is 6.21. The third kappa shape index (κ3) is 4.45. The van der Waals surface area contributed by atoms with Crippen LogP contribution in [-0.4, -0.2) is 38.8 Å². The van der Waals surface area contributed by atoms with Gasteiger partial charge in [0.05, 0.1) is 19.8 Å². The summed E-state index contributed by atoms with van der Waals surface area (Å²) in [6.45, 7) is 2.38. The highest BCUT2D eigenvalue weighted by Crippen LogP contribution is 2.24. The minimum atomic E-state index is -1.01. The Morgan fingerprint density at radius 2 is 1.93 bits per heavy atom. The molecule has 1 N–H and O–H groups in total. The highest BCUT2D eigenvalue weighted by atomic mass is 19.2. The number of methoxy groups -OCH3 is 1. The number of benzene rings is 2. The average molecular weight is 394 g/mol. The van der Waals surface area contributed by atoms with Crippen LogP contribution in [0.2, 0.25) is 0 Å². The second-order valence-electron chi connectivity index (χ2n) is 6.56. The first-order valence-corrected chi connectivity index (χ1v) is 8.83. The molecule has 2 aromatic carbocycles. The third-order valence-corrected chi connectivity index (χ3v) is 4.67. The van der Waals surface area contributed by atoms with E-state index in [-0.39, 0.29) is 42.6 Å². The van der Waals surface area contributed by atoms with E-state index >= 15 is 0 Å². The largest absolute Gasteiger partial charge is 0.494 e. The number of nitrogens with one attached hydrogen (secondary N) is 1. The van der Waals surface area contributed by atoms with Crippen molar-refractivity contribution in [1.82, 2.24) is 5.32 Å². The van der Waals surface area contributed by atoms with Gasteiger partial charge in [0.2, 0.25) is 0 Å². The standard InChI is InChI=1S/C20H21F3N2O3/c1-12(13-3-5-17(22)19(7-13)27-2)24-9-15-10-25(20(26)11-28-15)14-4-6-16(21)18(23)8-14/h3-8,12,15,24H,9-11H2,1-2H3. The van der Waals surface area contributed by atoms with Crippen molar-refractivity contribution in [2.75, 3.05) is 31.7 Å². The number of rotatable bonds is 6. The summed E-state index contributed by atoms with van der Waals surface area (Å²) in [5, 5.41) is 3.27. The van der Waals surface area contributed by atoms with Crippen LogP contribution in [0.1, 0.15) is 18.5 Å². The van der Waals surface area contributed by atoms with Gasteiger partial charge in [-0.25, -0.2) is 13.2 Å². The van der Waals surface area contributed by atoms with Gasteiger partial charge in [-0.1, -0.05) is 6.07 Å². The van der Waals surface area contributed by atoms with Gasteiger partial charge in [-0.05, 0) is 36.8 Å². The van der Waals surface area contributed by atoms with Crippen LogP contribution in [0.3, 0.4) is 0 Å². The Labute approximate surface area is 161 Å². The molecule has 0 saturated carbocycles. The van der Waals surface area contributed by atoms with Crippen LogP contribution in [0.5, 0.6) is 5.75 Å². The minimum absolute atomic E-state index is 0.118. The summed E-state index contributed by atoms with van der Waals surface area (Å²) in [5.41, 5.74) is 1.12. The molecule has 28 heavy (non-hydrogen) atoms. The van der Waals surface area contributed by atoms with E-state index in [0.717, 1.165) is 17.7 Å². The van der Waals surface area contributed by atoms with Crippen molar-refractivity contribution in [1.29, 1.82) is 0 Å². The highest BCUT2D eigenvalue weighted by Gasteiger charge is 2.28. The number of carbonyl (C=O) groups excluding carboxylic acids is 1. The Hall–Kier alpha value is -2.58. The molecule has 1 heterocycles. The SMILES string of the molecule is COc1cc(C(C)NCC2CN(c3ccc(F)c(F)c3)C(=O)CO2)ccc1F. The molecule has 1 saturated heterocycles. The number of ether oxygens (including phenoxy) is 2. The Bertz CT molecular complexity index is 863. The van der Waals surface area contributed by atoms with Gasteiger partial charge in [0.15, 0.2) is 23.2 Å². The van der Waals surface area contributed by atoms with Crippen LogP contribution < -0.4 is 15.0 Å². The Morgan fingerprint density at radius 1 is 1.18 bits per heavy atom. The molecular formula is C20H21F3N2O3. The molecule has 8 heteroatoms. The fraction of sp³-hybridized carbons (Fsp3) is 0.350. The number of carbonyl (C=O) groups is 1. The molecule has 0 aliphatic carbocycles. The summed E-state index contributed by atoms with van der Waals surface area (Å²) in [5.74, 6) is -2.57. The maximum atomic E-state index is 13.6. The van der Waals surface area contributed by atoms with Gasteiger partial charge < -0.3 is 19.7 Å². The fourth-order valence-electron chi connectivity index (χ4n) is 3.02. The zero-order chi connectivity index (χ0) is 20.3. The summed E-state index contributed by atoms with van der Waals surface area (Å²) >= 11 is 0. The van der Waals surface area contributed by atoms with E-state index < -0.39 is 17.5 Å². The molecule has 2 unspecified atom stereocenters. The summed E-state index contributed by atoms with van der Waals surface area (Å²) in [6, 6.07) is 7.85. The molecule has 1 amide bonds. The van der Waals surface area contributed by atoms with Crippen molar-refractivity contribution >= 4 is 11.6 Å². The fourth-order valence-corrected chi connectivity index (χ4v) is 3.02. The van der Waals surface area contributed by atoms with Crippen molar-refractivity contribution in [2.45, 2.75) is 19.1 Å². The van der Waals surface area contributed by atoms with Gasteiger partial charge in [-0.2, -0.15) is 0 Å². The lowest BCUT2D eigenvalue weighted by atomic mass is 10.1. The van der Waals surface area contributed by atoms with Crippen molar-refractivity contribution in [3.8, 4) is 5.75 Å². The molecule has 0 spiro atoms. The lowest BCUT2D eigenvalue weighted by Gasteiger charge is -2.33. The molecule has 1 aliphatic heterocycles. The van der Waals surface area contributed by atoms with E-state index in [2.05, 4.69) is 5.32 Å². The van der Waals surface area contributed by atoms with Crippen LogP contribution in [0.15, 0.2) is 36.4 Å². The van der Waals surface area contributed by atoms with E-state index in [1.54, 1.807) is 12.1 Å².